The first-order chi connectivity index (χ1) is 6.27. The molecule has 0 bridgehead atoms. The van der Waals surface area contributed by atoms with Crippen molar-refractivity contribution in [3.63, 3.8) is 0 Å². The van der Waals surface area contributed by atoms with Gasteiger partial charge in [0.05, 0.1) is 12.2 Å². The molecule has 3 heteroatoms. The SMILES string of the molecule is C#CCN(C)c1cccc(CN)n1. The van der Waals surface area contributed by atoms with Gasteiger partial charge in [0, 0.05) is 13.6 Å². The third-order valence-electron chi connectivity index (χ3n) is 1.72. The van der Waals surface area contributed by atoms with E-state index < -0.39 is 0 Å². The Kier molecular flexibility index (Phi) is 3.30. The van der Waals surface area contributed by atoms with Crippen molar-refractivity contribution >= 4 is 5.82 Å². The number of pyridine rings is 1. The van der Waals surface area contributed by atoms with E-state index in [2.05, 4.69) is 10.9 Å². The highest BCUT2D eigenvalue weighted by Crippen LogP contribution is 2.08. The maximum Gasteiger partial charge on any atom is 0.129 e. The second-order valence-corrected chi connectivity index (χ2v) is 2.75. The fourth-order valence-electron chi connectivity index (χ4n) is 1.01. The molecule has 0 spiro atoms. The minimum Gasteiger partial charge on any atom is -0.349 e. The van der Waals surface area contributed by atoms with Crippen molar-refractivity contribution in [3.8, 4) is 12.3 Å². The van der Waals surface area contributed by atoms with Gasteiger partial charge in [-0.15, -0.1) is 6.42 Å². The molecule has 3 nitrogen and oxygen atoms in total. The maximum absolute atomic E-state index is 5.47. The Morgan fingerprint density at radius 3 is 3.00 bits per heavy atom. The fourth-order valence-corrected chi connectivity index (χ4v) is 1.01. The lowest BCUT2D eigenvalue weighted by molar-refractivity contribution is 0.942. The average Bonchev–Trinajstić information content (AvgIpc) is 2.18. The van der Waals surface area contributed by atoms with Crippen molar-refractivity contribution in [2.45, 2.75) is 6.54 Å². The smallest absolute Gasteiger partial charge is 0.129 e. The molecule has 2 N–H and O–H groups in total. The summed E-state index contributed by atoms with van der Waals surface area (Å²) in [5, 5.41) is 0. The monoisotopic (exact) mass is 175 g/mol. The molecule has 0 atom stereocenters. The highest BCUT2D eigenvalue weighted by atomic mass is 15.2. The Hall–Kier alpha value is -1.53. The number of hydrogen-bond donors (Lipinski definition) is 1. The summed E-state index contributed by atoms with van der Waals surface area (Å²) in [6.45, 7) is 1.01. The molecule has 0 aliphatic heterocycles. The topological polar surface area (TPSA) is 42.1 Å². The minimum absolute atomic E-state index is 0.456. The van der Waals surface area contributed by atoms with Gasteiger partial charge >= 0.3 is 0 Å². The molecule has 68 valence electrons. The van der Waals surface area contributed by atoms with Crippen molar-refractivity contribution in [3.05, 3.63) is 23.9 Å². The van der Waals surface area contributed by atoms with E-state index in [1.54, 1.807) is 0 Å². The third-order valence-corrected chi connectivity index (χ3v) is 1.72. The van der Waals surface area contributed by atoms with Gasteiger partial charge in [-0.05, 0) is 12.1 Å². The number of anilines is 1. The van der Waals surface area contributed by atoms with Crippen LogP contribution in [0.3, 0.4) is 0 Å². The van der Waals surface area contributed by atoms with Crippen LogP contribution in [0.5, 0.6) is 0 Å². The molecule has 0 aromatic carbocycles. The lowest BCUT2D eigenvalue weighted by Crippen LogP contribution is -2.19. The predicted octanol–water partition coefficient (Wildman–Crippen LogP) is 0.610. The maximum atomic E-state index is 5.47. The fraction of sp³-hybridized carbons (Fsp3) is 0.300. The lowest BCUT2D eigenvalue weighted by atomic mass is 10.3. The molecule has 1 aromatic rings. The van der Waals surface area contributed by atoms with E-state index in [1.807, 2.05) is 30.1 Å². The second-order valence-electron chi connectivity index (χ2n) is 2.75. The van der Waals surface area contributed by atoms with Gasteiger partial charge in [-0.3, -0.25) is 0 Å². The van der Waals surface area contributed by atoms with Gasteiger partial charge in [0.1, 0.15) is 5.82 Å². The van der Waals surface area contributed by atoms with Crippen LogP contribution >= 0.6 is 0 Å². The molecule has 1 rings (SSSR count). The summed E-state index contributed by atoms with van der Waals surface area (Å²) in [5.41, 5.74) is 6.35. The van der Waals surface area contributed by atoms with Crippen LogP contribution in [0, 0.1) is 12.3 Å². The van der Waals surface area contributed by atoms with Crippen LogP contribution in [0.1, 0.15) is 5.69 Å². The zero-order valence-electron chi connectivity index (χ0n) is 7.70. The summed E-state index contributed by atoms with van der Waals surface area (Å²) >= 11 is 0. The molecule has 0 radical (unpaired) electrons. The molecule has 0 amide bonds. The largest absolute Gasteiger partial charge is 0.349 e. The number of nitrogens with zero attached hydrogens (tertiary/aromatic N) is 2. The summed E-state index contributed by atoms with van der Waals surface area (Å²) in [6.07, 6.45) is 5.19. The van der Waals surface area contributed by atoms with Gasteiger partial charge in [-0.1, -0.05) is 12.0 Å². The van der Waals surface area contributed by atoms with Crippen LogP contribution in [0.25, 0.3) is 0 Å². The van der Waals surface area contributed by atoms with Crippen molar-refractivity contribution in [1.82, 2.24) is 4.98 Å². The van der Waals surface area contributed by atoms with Crippen molar-refractivity contribution in [2.75, 3.05) is 18.5 Å². The summed E-state index contributed by atoms with van der Waals surface area (Å²) in [4.78, 5) is 6.22. The summed E-state index contributed by atoms with van der Waals surface area (Å²) in [5.74, 6) is 3.42. The number of rotatable bonds is 3. The zero-order chi connectivity index (χ0) is 9.68. The van der Waals surface area contributed by atoms with Crippen LogP contribution in [-0.2, 0) is 6.54 Å². The zero-order valence-corrected chi connectivity index (χ0v) is 7.70. The molecule has 1 heterocycles. The van der Waals surface area contributed by atoms with Gasteiger partial charge in [-0.25, -0.2) is 4.98 Å². The Bertz CT molecular complexity index is 314. The van der Waals surface area contributed by atoms with Crippen LogP contribution in [0.15, 0.2) is 18.2 Å². The van der Waals surface area contributed by atoms with Gasteiger partial charge in [0.2, 0.25) is 0 Å². The van der Waals surface area contributed by atoms with E-state index in [1.165, 1.54) is 0 Å². The highest BCUT2D eigenvalue weighted by Gasteiger charge is 2.00. The predicted molar refractivity (Wildman–Crippen MR) is 54.2 cm³/mol. The average molecular weight is 175 g/mol. The molecule has 1 aromatic heterocycles. The summed E-state index contributed by atoms with van der Waals surface area (Å²) < 4.78 is 0. The Balaban J connectivity index is 2.83. The van der Waals surface area contributed by atoms with E-state index in [9.17, 15) is 0 Å². The molecule has 0 fully saturated rings. The molecule has 0 unspecified atom stereocenters. The van der Waals surface area contributed by atoms with Gasteiger partial charge in [0.25, 0.3) is 0 Å². The normalized spacial score (nSPS) is 9.31. The molecular weight excluding hydrogens is 162 g/mol. The van der Waals surface area contributed by atoms with E-state index >= 15 is 0 Å². The number of nitrogens with two attached hydrogens (primary N) is 1. The summed E-state index contributed by atoms with van der Waals surface area (Å²) in [7, 11) is 1.91. The molecule has 0 saturated carbocycles. The number of terminal acetylenes is 1. The molecular formula is C10H13N3. The number of aromatic nitrogens is 1. The van der Waals surface area contributed by atoms with Crippen LogP contribution < -0.4 is 10.6 Å². The van der Waals surface area contributed by atoms with Crippen LogP contribution in [0.4, 0.5) is 5.82 Å². The lowest BCUT2D eigenvalue weighted by Gasteiger charge is -2.14. The first kappa shape index (κ1) is 9.56. The van der Waals surface area contributed by atoms with E-state index in [0.29, 0.717) is 13.1 Å². The van der Waals surface area contributed by atoms with Gasteiger partial charge in [-0.2, -0.15) is 0 Å². The van der Waals surface area contributed by atoms with Gasteiger partial charge < -0.3 is 10.6 Å². The number of hydrogen-bond acceptors (Lipinski definition) is 3. The molecule has 0 aliphatic rings. The van der Waals surface area contributed by atoms with Crippen LogP contribution in [0.2, 0.25) is 0 Å². The van der Waals surface area contributed by atoms with Crippen molar-refractivity contribution in [2.24, 2.45) is 5.73 Å². The minimum atomic E-state index is 0.456. The Morgan fingerprint density at radius 2 is 2.38 bits per heavy atom. The molecule has 0 saturated heterocycles. The first-order valence-corrected chi connectivity index (χ1v) is 4.08. The third kappa shape index (κ3) is 2.46. The van der Waals surface area contributed by atoms with Crippen molar-refractivity contribution in [1.29, 1.82) is 0 Å². The standard InChI is InChI=1S/C10H13N3/c1-3-7-13(2)10-6-4-5-9(8-11)12-10/h1,4-6H,7-8,11H2,2H3. The van der Waals surface area contributed by atoms with E-state index in [-0.39, 0.29) is 0 Å². The van der Waals surface area contributed by atoms with Crippen LogP contribution in [-0.4, -0.2) is 18.6 Å². The van der Waals surface area contributed by atoms with Crippen molar-refractivity contribution < 1.29 is 0 Å². The first-order valence-electron chi connectivity index (χ1n) is 4.08. The Morgan fingerprint density at radius 1 is 1.62 bits per heavy atom. The Labute approximate surface area is 78.6 Å². The second kappa shape index (κ2) is 4.48. The van der Waals surface area contributed by atoms with E-state index in [4.69, 9.17) is 12.2 Å². The van der Waals surface area contributed by atoms with Gasteiger partial charge in [0.15, 0.2) is 0 Å². The molecule has 13 heavy (non-hydrogen) atoms. The molecule has 0 aliphatic carbocycles. The quantitative estimate of drug-likeness (QED) is 0.684. The summed E-state index contributed by atoms with van der Waals surface area (Å²) in [6, 6.07) is 5.74. The van der Waals surface area contributed by atoms with E-state index in [0.717, 1.165) is 11.5 Å². The highest BCUT2D eigenvalue weighted by molar-refractivity contribution is 5.39.